The van der Waals surface area contributed by atoms with E-state index in [1.165, 1.54) is 13.3 Å². The minimum absolute atomic E-state index is 0.307. The van der Waals surface area contributed by atoms with E-state index >= 15 is 0 Å². The van der Waals surface area contributed by atoms with E-state index in [0.717, 1.165) is 22.9 Å². The summed E-state index contributed by atoms with van der Waals surface area (Å²) in [6, 6.07) is 7.51. The van der Waals surface area contributed by atoms with Crippen LogP contribution in [0.5, 0.6) is 0 Å². The highest BCUT2D eigenvalue weighted by molar-refractivity contribution is 6.08. The van der Waals surface area contributed by atoms with Crippen LogP contribution < -0.4 is 10.6 Å². The Morgan fingerprint density at radius 1 is 1.19 bits per heavy atom. The van der Waals surface area contributed by atoms with Crippen LogP contribution in [0.15, 0.2) is 42.9 Å². The molecule has 0 spiro atoms. The summed E-state index contributed by atoms with van der Waals surface area (Å²) in [6.07, 6.45) is 6.48. The number of aromatic nitrogens is 4. The van der Waals surface area contributed by atoms with Crippen LogP contribution >= 0.6 is 0 Å². The molecule has 0 aliphatic rings. The molecule has 1 atom stereocenters. The summed E-state index contributed by atoms with van der Waals surface area (Å²) in [6.45, 7) is 4.50. The van der Waals surface area contributed by atoms with E-state index in [-0.39, 0.29) is 0 Å². The number of anilines is 2. The fourth-order valence-electron chi connectivity index (χ4n) is 2.80. The quantitative estimate of drug-likeness (QED) is 0.338. The number of nitrogens with one attached hydrogen (secondary N) is 3. The molecule has 31 heavy (non-hydrogen) atoms. The number of pyridine rings is 2. The lowest BCUT2D eigenvalue weighted by Gasteiger charge is -2.10. The monoisotopic (exact) mass is 419 g/mol. The van der Waals surface area contributed by atoms with Crippen LogP contribution in [0.25, 0.3) is 16.6 Å². The van der Waals surface area contributed by atoms with Crippen molar-refractivity contribution in [1.82, 2.24) is 25.5 Å². The Balaban J connectivity index is 1.83. The first kappa shape index (κ1) is 22.0. The number of allylic oxidation sites excluding steroid dienone is 1. The Bertz CT molecular complexity index is 1100. The van der Waals surface area contributed by atoms with Crippen molar-refractivity contribution < 1.29 is 9.53 Å². The molecule has 3 aromatic heterocycles. The number of methoxy groups -OCH3 is 1. The molecule has 0 fully saturated rings. The fraction of sp³-hybridized carbons (Fsp3) is 0.273. The lowest BCUT2D eigenvalue weighted by Crippen LogP contribution is -2.26. The molecule has 3 heterocycles. The van der Waals surface area contributed by atoms with E-state index in [4.69, 9.17) is 10.1 Å². The summed E-state index contributed by atoms with van der Waals surface area (Å²) in [5, 5.41) is 22.1. The van der Waals surface area contributed by atoms with E-state index in [9.17, 15) is 4.79 Å². The van der Waals surface area contributed by atoms with Gasteiger partial charge < -0.3 is 25.6 Å². The predicted molar refractivity (Wildman–Crippen MR) is 121 cm³/mol. The third-order valence-electron chi connectivity index (χ3n) is 4.66. The van der Waals surface area contributed by atoms with Gasteiger partial charge in [-0.25, -0.2) is 4.98 Å². The van der Waals surface area contributed by atoms with Gasteiger partial charge in [0.05, 0.1) is 17.2 Å². The number of fused-ring (bicyclic) bond motifs is 1. The molecule has 0 saturated carbocycles. The first-order valence-corrected chi connectivity index (χ1v) is 9.83. The van der Waals surface area contributed by atoms with Crippen LogP contribution in [0.4, 0.5) is 11.6 Å². The van der Waals surface area contributed by atoms with Crippen LogP contribution in [0.3, 0.4) is 0 Å². The van der Waals surface area contributed by atoms with Crippen molar-refractivity contribution in [2.75, 3.05) is 19.0 Å². The maximum absolute atomic E-state index is 10.8. The SMILES string of the molecule is COC(C=O)CN/C=C(\C=N)c1cnc2ccc(Nc3cc(C(C)C)cnn3)nc2c1. The molecule has 0 radical (unpaired) electrons. The van der Waals surface area contributed by atoms with E-state index in [1.807, 2.05) is 24.3 Å². The molecule has 0 aliphatic carbocycles. The van der Waals surface area contributed by atoms with Gasteiger partial charge in [0, 0.05) is 43.4 Å². The number of carbonyl (C=O) groups excluding carboxylic acids is 1. The minimum Gasteiger partial charge on any atom is -0.387 e. The van der Waals surface area contributed by atoms with E-state index < -0.39 is 6.10 Å². The van der Waals surface area contributed by atoms with Gasteiger partial charge in [0.2, 0.25) is 0 Å². The fourth-order valence-corrected chi connectivity index (χ4v) is 2.80. The second-order valence-electron chi connectivity index (χ2n) is 7.18. The van der Waals surface area contributed by atoms with Crippen LogP contribution in [-0.2, 0) is 9.53 Å². The summed E-state index contributed by atoms with van der Waals surface area (Å²) >= 11 is 0. The minimum atomic E-state index is -0.550. The van der Waals surface area contributed by atoms with Gasteiger partial charge in [-0.1, -0.05) is 13.8 Å². The molecule has 0 saturated heterocycles. The molecule has 3 N–H and O–H groups in total. The number of aldehydes is 1. The highest BCUT2D eigenvalue weighted by atomic mass is 16.5. The second kappa shape index (κ2) is 10.4. The molecule has 0 amide bonds. The molecule has 160 valence electrons. The summed E-state index contributed by atoms with van der Waals surface area (Å²) in [5.74, 6) is 1.58. The van der Waals surface area contributed by atoms with Crippen LogP contribution in [-0.4, -0.2) is 52.4 Å². The van der Waals surface area contributed by atoms with Crippen molar-refractivity contribution in [3.05, 3.63) is 54.0 Å². The van der Waals surface area contributed by atoms with Gasteiger partial charge in [-0.3, -0.25) is 4.98 Å². The summed E-state index contributed by atoms with van der Waals surface area (Å²) < 4.78 is 5.00. The molecule has 9 heteroatoms. The molecule has 1 unspecified atom stereocenters. The van der Waals surface area contributed by atoms with Crippen molar-refractivity contribution in [1.29, 1.82) is 5.41 Å². The number of hydrogen-bond acceptors (Lipinski definition) is 9. The molecular formula is C22H25N7O2. The standard InChI is InChI=1S/C22H25N7O2/c1-14(2)15-7-22(29-26-11-15)28-21-5-4-19-20(27-21)6-16(10-25-19)17(8-23)9-24-12-18(13-30)31-3/h4-11,13-14,18,23-24H,12H2,1-3H3,(H,27,28,29)/b17-9+,23-8?. The van der Waals surface area contributed by atoms with Gasteiger partial charge in [-0.2, -0.15) is 5.10 Å². The van der Waals surface area contributed by atoms with Crippen molar-refractivity contribution in [2.24, 2.45) is 0 Å². The molecule has 0 aromatic carbocycles. The Morgan fingerprint density at radius 3 is 2.74 bits per heavy atom. The molecule has 9 nitrogen and oxygen atoms in total. The predicted octanol–water partition coefficient (Wildman–Crippen LogP) is 3.08. The van der Waals surface area contributed by atoms with Gasteiger partial charge in [0.25, 0.3) is 0 Å². The molecule has 3 rings (SSSR count). The summed E-state index contributed by atoms with van der Waals surface area (Å²) in [7, 11) is 1.47. The largest absolute Gasteiger partial charge is 0.387 e. The van der Waals surface area contributed by atoms with Crippen molar-refractivity contribution in [3.63, 3.8) is 0 Å². The maximum atomic E-state index is 10.8. The zero-order chi connectivity index (χ0) is 22.2. The van der Waals surface area contributed by atoms with Gasteiger partial charge in [0.15, 0.2) is 12.1 Å². The smallest absolute Gasteiger partial charge is 0.154 e. The molecule has 0 aliphatic heterocycles. The normalized spacial score (nSPS) is 12.6. The number of hydrogen-bond donors (Lipinski definition) is 3. The third kappa shape index (κ3) is 5.67. The lowest BCUT2D eigenvalue weighted by atomic mass is 10.1. The van der Waals surface area contributed by atoms with Gasteiger partial charge in [-0.05, 0) is 35.7 Å². The van der Waals surface area contributed by atoms with E-state index in [2.05, 4.69) is 44.6 Å². The number of carbonyl (C=O) groups is 1. The summed E-state index contributed by atoms with van der Waals surface area (Å²) in [5.41, 5.74) is 3.81. The Labute approximate surface area is 180 Å². The van der Waals surface area contributed by atoms with Crippen molar-refractivity contribution >= 4 is 40.7 Å². The molecular weight excluding hydrogens is 394 g/mol. The Morgan fingerprint density at radius 2 is 2.03 bits per heavy atom. The average molecular weight is 419 g/mol. The zero-order valence-corrected chi connectivity index (χ0v) is 17.7. The van der Waals surface area contributed by atoms with E-state index in [1.54, 1.807) is 18.6 Å². The zero-order valence-electron chi connectivity index (χ0n) is 17.7. The summed E-state index contributed by atoms with van der Waals surface area (Å²) in [4.78, 5) is 19.9. The molecule has 3 aromatic rings. The first-order valence-electron chi connectivity index (χ1n) is 9.83. The first-order chi connectivity index (χ1) is 15.0. The second-order valence-corrected chi connectivity index (χ2v) is 7.18. The molecule has 0 bridgehead atoms. The highest BCUT2D eigenvalue weighted by Gasteiger charge is 2.08. The number of nitrogens with zero attached hydrogens (tertiary/aromatic N) is 4. The number of ether oxygens (including phenoxy) is 1. The lowest BCUT2D eigenvalue weighted by molar-refractivity contribution is -0.116. The van der Waals surface area contributed by atoms with E-state index in [0.29, 0.717) is 35.2 Å². The highest BCUT2D eigenvalue weighted by Crippen LogP contribution is 2.21. The van der Waals surface area contributed by atoms with Gasteiger partial charge in [-0.15, -0.1) is 5.10 Å². The third-order valence-corrected chi connectivity index (χ3v) is 4.66. The van der Waals surface area contributed by atoms with Crippen LogP contribution in [0.1, 0.15) is 30.9 Å². The van der Waals surface area contributed by atoms with Crippen molar-refractivity contribution in [3.8, 4) is 0 Å². The maximum Gasteiger partial charge on any atom is 0.154 e. The van der Waals surface area contributed by atoms with Crippen molar-refractivity contribution in [2.45, 2.75) is 25.9 Å². The van der Waals surface area contributed by atoms with Crippen LogP contribution in [0, 0.1) is 5.41 Å². The van der Waals surface area contributed by atoms with Gasteiger partial charge >= 0.3 is 0 Å². The number of rotatable bonds is 10. The topological polar surface area (TPSA) is 126 Å². The average Bonchev–Trinajstić information content (AvgIpc) is 2.79. The van der Waals surface area contributed by atoms with Crippen LogP contribution in [0.2, 0.25) is 0 Å². The van der Waals surface area contributed by atoms with Gasteiger partial charge in [0.1, 0.15) is 11.9 Å². The Hall–Kier alpha value is -3.72. The Kier molecular flexibility index (Phi) is 7.34.